The van der Waals surface area contributed by atoms with Gasteiger partial charge >= 0.3 is 5.97 Å². The smallest absolute Gasteiger partial charge is 0.335 e. The van der Waals surface area contributed by atoms with Gasteiger partial charge in [0, 0.05) is 63.0 Å². The average molecular weight is 621 g/mol. The van der Waals surface area contributed by atoms with Gasteiger partial charge < -0.3 is 29.3 Å². The molecule has 5 saturated heterocycles. The highest BCUT2D eigenvalue weighted by atomic mass is 19.1. The lowest BCUT2D eigenvalue weighted by molar-refractivity contribution is -0.162. The highest BCUT2D eigenvalue weighted by Gasteiger charge is 2.46. The monoisotopic (exact) mass is 620 g/mol. The number of piperidine rings is 3. The first-order valence-corrected chi connectivity index (χ1v) is 17.5. The summed E-state index contributed by atoms with van der Waals surface area (Å²) < 4.78 is 25.9. The molecule has 1 N–H and O–H groups in total. The van der Waals surface area contributed by atoms with Crippen molar-refractivity contribution in [2.45, 2.75) is 95.4 Å². The van der Waals surface area contributed by atoms with Crippen molar-refractivity contribution in [2.75, 3.05) is 54.1 Å². The number of fused-ring (bicyclic) bond motifs is 3. The van der Waals surface area contributed by atoms with Gasteiger partial charge in [0.1, 0.15) is 11.6 Å². The summed E-state index contributed by atoms with van der Waals surface area (Å²) >= 11 is 0. The van der Waals surface area contributed by atoms with Crippen LogP contribution in [0.15, 0.2) is 36.5 Å². The summed E-state index contributed by atoms with van der Waals surface area (Å²) in [6.07, 6.45) is 16.2. The van der Waals surface area contributed by atoms with Crippen LogP contribution in [0.2, 0.25) is 0 Å². The topological polar surface area (TPSA) is 78.4 Å². The molecule has 244 valence electrons. The normalized spacial score (nSPS) is 29.4. The van der Waals surface area contributed by atoms with Crippen LogP contribution in [-0.4, -0.2) is 73.8 Å². The van der Waals surface area contributed by atoms with Crippen molar-refractivity contribution >= 4 is 23.2 Å². The third-order valence-corrected chi connectivity index (χ3v) is 11.3. The first-order chi connectivity index (χ1) is 22.0. The molecule has 5 aliphatic heterocycles. The molecule has 1 saturated carbocycles. The number of hydrogen-bond acceptors (Lipinski definition) is 7. The Hall–Kier alpha value is -2.91. The minimum absolute atomic E-state index is 0.00392. The third kappa shape index (κ3) is 6.80. The molecule has 6 heterocycles. The molecule has 45 heavy (non-hydrogen) atoms. The molecule has 6 atom stereocenters. The number of carbonyl (C=O) groups is 1. The van der Waals surface area contributed by atoms with Crippen molar-refractivity contribution in [3.8, 4) is 0 Å². The lowest BCUT2D eigenvalue weighted by Crippen LogP contribution is -2.55. The summed E-state index contributed by atoms with van der Waals surface area (Å²) in [6.45, 7) is 5.69. The number of anilines is 3. The van der Waals surface area contributed by atoms with E-state index in [1.54, 1.807) is 6.07 Å². The van der Waals surface area contributed by atoms with Crippen LogP contribution < -0.4 is 14.7 Å². The molecule has 1 aromatic heterocycles. The molecule has 1 aliphatic carbocycles. The Bertz CT molecular complexity index is 1310. The number of aromatic nitrogens is 1. The van der Waals surface area contributed by atoms with Crippen LogP contribution in [0.3, 0.4) is 0 Å². The second kappa shape index (κ2) is 13.8. The SMILES string of the molecule is O=C(O)c1cc(F)cc(N2CCC[C@@H]3[C@H]2CCN3c2cc(N3C[C@H]4C[C@@H](C3)C4CCCCCCOC3CCCCO3)ccn2)c1. The zero-order valence-electron chi connectivity index (χ0n) is 26.5. The number of carboxylic acids is 1. The maximum atomic E-state index is 14.4. The Morgan fingerprint density at radius 3 is 2.60 bits per heavy atom. The van der Waals surface area contributed by atoms with Gasteiger partial charge in [-0.25, -0.2) is 14.2 Å². The molecule has 9 heteroatoms. The predicted molar refractivity (Wildman–Crippen MR) is 174 cm³/mol. The summed E-state index contributed by atoms with van der Waals surface area (Å²) in [5.41, 5.74) is 1.96. The second-order valence-corrected chi connectivity index (χ2v) is 14.0. The number of unbranched alkanes of at least 4 members (excludes halogenated alkanes) is 3. The van der Waals surface area contributed by atoms with Crippen molar-refractivity contribution in [2.24, 2.45) is 17.8 Å². The summed E-state index contributed by atoms with van der Waals surface area (Å²) in [5.74, 6) is 1.93. The molecule has 6 fully saturated rings. The Morgan fingerprint density at radius 2 is 1.78 bits per heavy atom. The van der Waals surface area contributed by atoms with Gasteiger partial charge in [-0.1, -0.05) is 19.3 Å². The third-order valence-electron chi connectivity index (χ3n) is 11.3. The lowest BCUT2D eigenvalue weighted by atomic mass is 9.60. The number of benzene rings is 1. The lowest BCUT2D eigenvalue weighted by Gasteiger charge is -2.54. The zero-order valence-corrected chi connectivity index (χ0v) is 26.5. The number of halogens is 1. The summed E-state index contributed by atoms with van der Waals surface area (Å²) in [7, 11) is 0. The van der Waals surface area contributed by atoms with Gasteiger partial charge in [-0.15, -0.1) is 0 Å². The van der Waals surface area contributed by atoms with E-state index in [0.29, 0.717) is 5.69 Å². The molecule has 6 aliphatic rings. The molecule has 8 rings (SSSR count). The number of ether oxygens (including phenoxy) is 2. The van der Waals surface area contributed by atoms with E-state index in [0.717, 1.165) is 101 Å². The standard InChI is InChI=1S/C36H49FN4O4/c37-28-19-25(36(42)43)20-30(21-28)40-14-7-9-32-33(40)12-15-41(32)34-22-29(11-13-38-34)39-23-26-18-27(24-39)31(26)8-3-1-2-5-16-44-35-10-4-6-17-45-35/h11,13,19-22,26-27,31-33,35H,1-10,12,14-18,23-24H2,(H,42,43)/t26-,27+,31?,32-,33-,35?/m1/s1. The maximum absolute atomic E-state index is 14.4. The number of nitrogens with zero attached hydrogens (tertiary/aromatic N) is 4. The molecule has 8 nitrogen and oxygen atoms in total. The Morgan fingerprint density at radius 1 is 0.933 bits per heavy atom. The minimum Gasteiger partial charge on any atom is -0.478 e. The molecule has 0 amide bonds. The average Bonchev–Trinajstić information content (AvgIpc) is 3.51. The Labute approximate surface area is 266 Å². The van der Waals surface area contributed by atoms with Gasteiger partial charge in [-0.2, -0.15) is 0 Å². The summed E-state index contributed by atoms with van der Waals surface area (Å²) in [5, 5.41) is 9.47. The van der Waals surface area contributed by atoms with Crippen LogP contribution in [0.1, 0.15) is 87.4 Å². The van der Waals surface area contributed by atoms with Gasteiger partial charge in [0.05, 0.1) is 17.6 Å². The number of aromatic carboxylic acids is 1. The van der Waals surface area contributed by atoms with E-state index >= 15 is 0 Å². The van der Waals surface area contributed by atoms with Crippen molar-refractivity contribution < 1.29 is 23.8 Å². The van der Waals surface area contributed by atoms with Crippen LogP contribution >= 0.6 is 0 Å². The van der Waals surface area contributed by atoms with E-state index in [2.05, 4.69) is 26.8 Å². The van der Waals surface area contributed by atoms with Crippen molar-refractivity contribution in [1.82, 2.24) is 4.98 Å². The van der Waals surface area contributed by atoms with Gasteiger partial charge in [0.15, 0.2) is 6.29 Å². The molecule has 0 spiro atoms. The number of carboxylic acid groups (broad SMARTS) is 1. The Kier molecular flexibility index (Phi) is 9.45. The van der Waals surface area contributed by atoms with E-state index in [-0.39, 0.29) is 23.9 Å². The molecule has 2 aromatic rings. The molecule has 1 aromatic carbocycles. The molecule has 0 radical (unpaired) electrons. The largest absolute Gasteiger partial charge is 0.478 e. The molecule has 2 bridgehead atoms. The fourth-order valence-corrected chi connectivity index (χ4v) is 8.98. The quantitative estimate of drug-likeness (QED) is 0.262. The van der Waals surface area contributed by atoms with Gasteiger partial charge in [0.25, 0.3) is 0 Å². The van der Waals surface area contributed by atoms with Gasteiger partial charge in [0.2, 0.25) is 0 Å². The van der Waals surface area contributed by atoms with E-state index < -0.39 is 11.8 Å². The van der Waals surface area contributed by atoms with E-state index in [1.165, 1.54) is 56.7 Å². The van der Waals surface area contributed by atoms with E-state index in [1.807, 2.05) is 6.20 Å². The van der Waals surface area contributed by atoms with Crippen LogP contribution in [0.25, 0.3) is 0 Å². The molecular weight excluding hydrogens is 571 g/mol. The van der Waals surface area contributed by atoms with Crippen molar-refractivity contribution in [3.63, 3.8) is 0 Å². The molecular formula is C36H49FN4O4. The minimum atomic E-state index is -1.10. The summed E-state index contributed by atoms with van der Waals surface area (Å²) in [6, 6.07) is 9.15. The van der Waals surface area contributed by atoms with Gasteiger partial charge in [-0.3, -0.25) is 0 Å². The predicted octanol–water partition coefficient (Wildman–Crippen LogP) is 6.73. The number of rotatable bonds is 12. The highest BCUT2D eigenvalue weighted by molar-refractivity contribution is 5.89. The highest BCUT2D eigenvalue weighted by Crippen LogP contribution is 2.49. The number of hydrogen-bond donors (Lipinski definition) is 1. The van der Waals surface area contributed by atoms with E-state index in [9.17, 15) is 14.3 Å². The summed E-state index contributed by atoms with van der Waals surface area (Å²) in [4.78, 5) is 23.7. The van der Waals surface area contributed by atoms with Crippen LogP contribution in [0.5, 0.6) is 0 Å². The fourth-order valence-electron chi connectivity index (χ4n) is 8.98. The number of pyridine rings is 1. The zero-order chi connectivity index (χ0) is 30.8. The molecule has 2 unspecified atom stereocenters. The fraction of sp³-hybridized carbons (Fsp3) is 0.667. The van der Waals surface area contributed by atoms with Crippen LogP contribution in [0, 0.1) is 23.6 Å². The Balaban J connectivity index is 0.899. The maximum Gasteiger partial charge on any atom is 0.335 e. The second-order valence-electron chi connectivity index (χ2n) is 14.0. The first kappa shape index (κ1) is 30.7. The van der Waals surface area contributed by atoms with E-state index in [4.69, 9.17) is 14.5 Å². The van der Waals surface area contributed by atoms with Crippen molar-refractivity contribution in [1.29, 1.82) is 0 Å². The van der Waals surface area contributed by atoms with Gasteiger partial charge in [-0.05, 0) is 99.8 Å². The first-order valence-electron chi connectivity index (χ1n) is 17.5. The van der Waals surface area contributed by atoms with Crippen molar-refractivity contribution in [3.05, 3.63) is 47.9 Å². The van der Waals surface area contributed by atoms with Crippen LogP contribution in [-0.2, 0) is 9.47 Å². The van der Waals surface area contributed by atoms with Crippen LogP contribution in [0.4, 0.5) is 21.6 Å².